The molecule has 1 atom stereocenters. The minimum atomic E-state index is -0.213. The Bertz CT molecular complexity index is 564. The number of carbonyl (C=O) groups is 1. The lowest BCUT2D eigenvalue weighted by Gasteiger charge is -2.08. The molecule has 0 saturated heterocycles. The maximum atomic E-state index is 11.9. The van der Waals surface area contributed by atoms with E-state index in [0.717, 1.165) is 12.1 Å². The Morgan fingerprint density at radius 1 is 1.42 bits per heavy atom. The molecule has 0 aliphatic heterocycles. The van der Waals surface area contributed by atoms with E-state index in [1.54, 1.807) is 23.0 Å². The highest BCUT2D eigenvalue weighted by Gasteiger charge is 2.13. The van der Waals surface area contributed by atoms with Crippen LogP contribution in [0.25, 0.3) is 5.69 Å². The van der Waals surface area contributed by atoms with Crippen LogP contribution in [0, 0.1) is 0 Å². The molecule has 0 spiro atoms. The molecule has 1 aromatic carbocycles. The van der Waals surface area contributed by atoms with Crippen LogP contribution >= 0.6 is 11.6 Å². The largest absolute Gasteiger partial charge is 0.348 e. The van der Waals surface area contributed by atoms with Crippen molar-refractivity contribution in [2.24, 2.45) is 0 Å². The summed E-state index contributed by atoms with van der Waals surface area (Å²) in [5.41, 5.74) is 1.11. The number of rotatable bonds is 4. The first-order valence-electron chi connectivity index (χ1n) is 6.09. The summed E-state index contributed by atoms with van der Waals surface area (Å²) in [6.07, 6.45) is 2.47. The van der Waals surface area contributed by atoms with Crippen molar-refractivity contribution in [2.75, 3.05) is 0 Å². The van der Waals surface area contributed by atoms with Gasteiger partial charge in [-0.3, -0.25) is 4.79 Å². The third-order valence-electron chi connectivity index (χ3n) is 2.81. The van der Waals surface area contributed by atoms with Crippen LogP contribution in [0.3, 0.4) is 0 Å². The molecule has 19 heavy (non-hydrogen) atoms. The summed E-state index contributed by atoms with van der Waals surface area (Å²) in [6, 6.07) is 7.27. The number of carbonyl (C=O) groups excluding carboxylic acids is 1. The molecule has 0 fully saturated rings. The molecule has 2 aromatic rings. The summed E-state index contributed by atoms with van der Waals surface area (Å²) in [5, 5.41) is 11.3. The van der Waals surface area contributed by atoms with Gasteiger partial charge in [0.2, 0.25) is 0 Å². The van der Waals surface area contributed by atoms with Crippen molar-refractivity contribution in [1.29, 1.82) is 0 Å². The minimum Gasteiger partial charge on any atom is -0.348 e. The smallest absolute Gasteiger partial charge is 0.273 e. The molecule has 1 heterocycles. The van der Waals surface area contributed by atoms with Crippen LogP contribution in [0.2, 0.25) is 5.02 Å². The van der Waals surface area contributed by atoms with Crippen LogP contribution < -0.4 is 5.32 Å². The van der Waals surface area contributed by atoms with E-state index in [-0.39, 0.29) is 11.9 Å². The molecule has 0 bridgehead atoms. The molecule has 1 aromatic heterocycles. The predicted molar refractivity (Wildman–Crippen MR) is 73.6 cm³/mol. The van der Waals surface area contributed by atoms with Crippen molar-refractivity contribution in [2.45, 2.75) is 26.3 Å². The van der Waals surface area contributed by atoms with Gasteiger partial charge in [0, 0.05) is 11.1 Å². The van der Waals surface area contributed by atoms with Crippen molar-refractivity contribution >= 4 is 17.5 Å². The lowest BCUT2D eigenvalue weighted by Crippen LogP contribution is -2.32. The molecule has 0 radical (unpaired) electrons. The third-order valence-corrected chi connectivity index (χ3v) is 3.06. The van der Waals surface area contributed by atoms with E-state index < -0.39 is 0 Å². The molecule has 1 amide bonds. The summed E-state index contributed by atoms with van der Waals surface area (Å²) >= 11 is 5.82. The van der Waals surface area contributed by atoms with Crippen LogP contribution in [0.5, 0.6) is 0 Å². The maximum absolute atomic E-state index is 11.9. The molecule has 2 rings (SSSR count). The van der Waals surface area contributed by atoms with E-state index in [1.165, 1.54) is 0 Å². The topological polar surface area (TPSA) is 59.8 Å². The Kier molecular flexibility index (Phi) is 4.16. The Labute approximate surface area is 116 Å². The van der Waals surface area contributed by atoms with E-state index in [4.69, 9.17) is 11.6 Å². The zero-order chi connectivity index (χ0) is 13.8. The van der Waals surface area contributed by atoms with E-state index in [9.17, 15) is 4.79 Å². The number of amides is 1. The number of nitrogens with zero attached hydrogens (tertiary/aromatic N) is 3. The van der Waals surface area contributed by atoms with Crippen LogP contribution in [-0.4, -0.2) is 26.9 Å². The molecule has 100 valence electrons. The Morgan fingerprint density at radius 3 is 2.74 bits per heavy atom. The predicted octanol–water partition coefficient (Wildman–Crippen LogP) is 2.45. The Balaban J connectivity index is 2.15. The fraction of sp³-hybridized carbons (Fsp3) is 0.308. The normalized spacial score (nSPS) is 12.2. The van der Waals surface area contributed by atoms with E-state index in [2.05, 4.69) is 15.6 Å². The second-order valence-electron chi connectivity index (χ2n) is 4.31. The third kappa shape index (κ3) is 3.32. The van der Waals surface area contributed by atoms with Gasteiger partial charge in [-0.05, 0) is 37.6 Å². The van der Waals surface area contributed by atoms with Crippen molar-refractivity contribution < 1.29 is 4.79 Å². The van der Waals surface area contributed by atoms with Gasteiger partial charge in [-0.1, -0.05) is 23.7 Å². The monoisotopic (exact) mass is 278 g/mol. The first kappa shape index (κ1) is 13.5. The standard InChI is InChI=1S/C13H15ClN4O/c1-3-9(2)15-13(19)12-8-18(17-16-12)11-6-4-10(14)5-7-11/h4-9H,3H2,1-2H3,(H,15,19). The zero-order valence-electron chi connectivity index (χ0n) is 10.8. The van der Waals surface area contributed by atoms with Crippen molar-refractivity contribution in [3.05, 3.63) is 41.2 Å². The molecule has 6 heteroatoms. The number of hydrogen-bond acceptors (Lipinski definition) is 3. The van der Waals surface area contributed by atoms with Crippen LogP contribution in [0.4, 0.5) is 0 Å². The molecule has 0 aliphatic carbocycles. The minimum absolute atomic E-state index is 0.119. The van der Waals surface area contributed by atoms with Crippen molar-refractivity contribution in [3.63, 3.8) is 0 Å². The second-order valence-corrected chi connectivity index (χ2v) is 4.74. The quantitative estimate of drug-likeness (QED) is 0.934. The van der Waals surface area contributed by atoms with Gasteiger partial charge in [-0.15, -0.1) is 5.10 Å². The summed E-state index contributed by atoms with van der Waals surface area (Å²) in [7, 11) is 0. The van der Waals surface area contributed by atoms with E-state index in [1.807, 2.05) is 26.0 Å². The van der Waals surface area contributed by atoms with Crippen molar-refractivity contribution in [1.82, 2.24) is 20.3 Å². The molecular weight excluding hydrogens is 264 g/mol. The molecule has 0 saturated carbocycles. The van der Waals surface area contributed by atoms with Gasteiger partial charge in [0.05, 0.1) is 11.9 Å². The molecule has 5 nitrogen and oxygen atoms in total. The molecule has 1 N–H and O–H groups in total. The number of nitrogens with one attached hydrogen (secondary N) is 1. The first-order valence-corrected chi connectivity index (χ1v) is 6.47. The van der Waals surface area contributed by atoms with Crippen LogP contribution in [-0.2, 0) is 0 Å². The lowest BCUT2D eigenvalue weighted by molar-refractivity contribution is 0.0934. The highest BCUT2D eigenvalue weighted by molar-refractivity contribution is 6.30. The van der Waals surface area contributed by atoms with Gasteiger partial charge in [-0.2, -0.15) is 0 Å². The first-order chi connectivity index (χ1) is 9.10. The van der Waals surface area contributed by atoms with Crippen LogP contribution in [0.1, 0.15) is 30.8 Å². The van der Waals surface area contributed by atoms with Gasteiger partial charge < -0.3 is 5.32 Å². The molecule has 1 unspecified atom stereocenters. The number of aromatic nitrogens is 3. The highest BCUT2D eigenvalue weighted by Crippen LogP contribution is 2.12. The van der Waals surface area contributed by atoms with Gasteiger partial charge in [0.15, 0.2) is 5.69 Å². The summed E-state index contributed by atoms with van der Waals surface area (Å²) < 4.78 is 1.54. The summed E-state index contributed by atoms with van der Waals surface area (Å²) in [5.74, 6) is -0.213. The lowest BCUT2D eigenvalue weighted by atomic mass is 10.2. The van der Waals surface area contributed by atoms with Gasteiger partial charge in [0.25, 0.3) is 5.91 Å². The summed E-state index contributed by atoms with van der Waals surface area (Å²) in [4.78, 5) is 11.9. The number of benzene rings is 1. The fourth-order valence-electron chi connectivity index (χ4n) is 1.49. The molecule has 0 aliphatic rings. The Hall–Kier alpha value is -1.88. The molecular formula is C13H15ClN4O. The SMILES string of the molecule is CCC(C)NC(=O)c1cn(-c2ccc(Cl)cc2)nn1. The summed E-state index contributed by atoms with van der Waals surface area (Å²) in [6.45, 7) is 3.96. The van der Waals surface area contributed by atoms with Crippen molar-refractivity contribution in [3.8, 4) is 5.69 Å². The second kappa shape index (κ2) is 5.84. The maximum Gasteiger partial charge on any atom is 0.273 e. The number of halogens is 1. The highest BCUT2D eigenvalue weighted by atomic mass is 35.5. The number of hydrogen-bond donors (Lipinski definition) is 1. The zero-order valence-corrected chi connectivity index (χ0v) is 11.6. The average Bonchev–Trinajstić information content (AvgIpc) is 2.89. The average molecular weight is 279 g/mol. The fourth-order valence-corrected chi connectivity index (χ4v) is 1.61. The van der Waals surface area contributed by atoms with Gasteiger partial charge >= 0.3 is 0 Å². The van der Waals surface area contributed by atoms with E-state index >= 15 is 0 Å². The van der Waals surface area contributed by atoms with Crippen LogP contribution in [0.15, 0.2) is 30.5 Å². The van der Waals surface area contributed by atoms with E-state index in [0.29, 0.717) is 10.7 Å². The Morgan fingerprint density at radius 2 is 2.11 bits per heavy atom. The van der Waals surface area contributed by atoms with Gasteiger partial charge in [0.1, 0.15) is 0 Å². The van der Waals surface area contributed by atoms with Gasteiger partial charge in [-0.25, -0.2) is 4.68 Å².